The summed E-state index contributed by atoms with van der Waals surface area (Å²) in [5, 5.41) is 26.7. The molecule has 7 aromatic rings. The minimum absolute atomic E-state index is 0.00668. The highest BCUT2D eigenvalue weighted by Gasteiger charge is 2.54. The molecule has 1 aliphatic rings. The fraction of sp³-hybridized carbons (Fsp3) is 0.577. The van der Waals surface area contributed by atoms with E-state index < -0.39 is 123 Å². The van der Waals surface area contributed by atoms with Crippen LogP contribution in [0.5, 0.6) is 0 Å². The van der Waals surface area contributed by atoms with Gasteiger partial charge in [0, 0.05) is 63.3 Å². The van der Waals surface area contributed by atoms with Gasteiger partial charge >= 0.3 is 0 Å². The molecule has 1 aliphatic heterocycles. The quantitative estimate of drug-likeness (QED) is 0.0278. The van der Waals surface area contributed by atoms with Gasteiger partial charge in [-0.25, -0.2) is 60.5 Å². The Morgan fingerprint density at radius 1 is 0.509 bits per heavy atom. The maximum Gasteiger partial charge on any atom is 0.247 e. The van der Waals surface area contributed by atoms with Gasteiger partial charge in [0.15, 0.2) is 79.7 Å². The maximum atomic E-state index is 13.3. The van der Waals surface area contributed by atoms with Gasteiger partial charge in [-0.1, -0.05) is 160 Å². The number of para-hydroxylation sites is 1. The Balaban J connectivity index is 0.000000307. The number of benzene rings is 3. The van der Waals surface area contributed by atoms with Gasteiger partial charge in [0.1, 0.15) is 29.5 Å². The third-order valence-corrected chi connectivity index (χ3v) is 37.4. The van der Waals surface area contributed by atoms with Gasteiger partial charge < -0.3 is 35.6 Å². The molecule has 29 nitrogen and oxygen atoms in total. The maximum absolute atomic E-state index is 13.3. The van der Waals surface area contributed by atoms with Gasteiger partial charge in [-0.05, 0) is 155 Å². The van der Waals surface area contributed by atoms with Crippen LogP contribution < -0.4 is 31.9 Å². The molecule has 2 unspecified atom stereocenters. The van der Waals surface area contributed by atoms with E-state index in [0.717, 1.165) is 27.6 Å². The monoisotopic (exact) mass is 1790 g/mol. The van der Waals surface area contributed by atoms with Crippen molar-refractivity contribution in [3.63, 3.8) is 0 Å². The minimum Gasteiger partial charge on any atom is -0.359 e. The van der Waals surface area contributed by atoms with E-state index in [4.69, 9.17) is 20.6 Å². The molecule has 648 valence electrons. The lowest BCUT2D eigenvalue weighted by Crippen LogP contribution is -2.53. The standard InChI is InChI=1S/C17H29N3O6S2.C17H27NO3S.C16H19ClN2O3S2.C14H24N2O4S.C14H18N2O3S2/c1-16(2,3)12-9-13(20-26-12)19-15(21)17(4,5)28(24,25)14(27(6,22)23)11-7-8-18-10-11;1-7-11-22(20,21)17(5,6)15(19)18-14-10-8-9-13(12-14)16(2,3)4;1-4-9-24(21,22)16(2,3)14(20)19-15-18-13(10-23-15)11-5-7-12(17)8-6-11;1-7-8-21(18,19)14(5,6)12(17)15-11-9-10(16-20-11)13(2,3)4;1-4-9-21(18,19)14(2,3)12(17)16-13-15-10-7-5-6-8-11(10)20-13/h9,11,14,18H,7-8,10H2,1-6H3,(H,19,20,21);8-10,12H,7,11H2,1-6H3,(H,18,19);5-8,10H,4,9H2,1-3H3,(H,18,19,20);9H,7-8H2,1-6H3,(H,15,17);5-8H,4,9H2,1-3H3,(H,15,16,17). The summed E-state index contributed by atoms with van der Waals surface area (Å²) in [5.41, 5.74) is 4.15. The summed E-state index contributed by atoms with van der Waals surface area (Å²) in [7, 11) is -22.4. The number of nitrogens with zero attached hydrogens (tertiary/aromatic N) is 4. The summed E-state index contributed by atoms with van der Waals surface area (Å²) < 4.78 is 150. The molecule has 4 aromatic heterocycles. The zero-order valence-electron chi connectivity index (χ0n) is 70.8. The molecule has 0 bridgehead atoms. The van der Waals surface area contributed by atoms with Crippen LogP contribution in [0, 0.1) is 5.92 Å². The van der Waals surface area contributed by atoms with Gasteiger partial charge in [-0.2, -0.15) is 0 Å². The number of aromatic nitrogens is 4. The van der Waals surface area contributed by atoms with Crippen molar-refractivity contribution in [2.24, 2.45) is 5.92 Å². The Morgan fingerprint density at radius 2 is 0.974 bits per heavy atom. The van der Waals surface area contributed by atoms with E-state index in [-0.39, 0.29) is 57.5 Å². The largest absolute Gasteiger partial charge is 0.359 e. The van der Waals surface area contributed by atoms with E-state index in [2.05, 4.69) is 73.0 Å². The van der Waals surface area contributed by atoms with E-state index in [1.54, 1.807) is 57.3 Å². The lowest BCUT2D eigenvalue weighted by Gasteiger charge is -2.30. The van der Waals surface area contributed by atoms with Crippen molar-refractivity contribution in [2.75, 3.05) is 68.9 Å². The first-order valence-corrected chi connectivity index (χ1v) is 49.8. The first kappa shape index (κ1) is 101. The van der Waals surface area contributed by atoms with Crippen LogP contribution in [0.3, 0.4) is 0 Å². The number of amides is 5. The van der Waals surface area contributed by atoms with Crippen molar-refractivity contribution < 1.29 is 83.5 Å². The molecule has 8 rings (SSSR count). The van der Waals surface area contributed by atoms with E-state index >= 15 is 0 Å². The zero-order chi connectivity index (χ0) is 88.8. The number of halogens is 1. The Morgan fingerprint density at radius 3 is 1.40 bits per heavy atom. The molecule has 1 fully saturated rings. The number of nitrogens with one attached hydrogen (secondary N) is 6. The Kier molecular flexibility index (Phi) is 34.4. The molecular weight excluding hydrogens is 1670 g/mol. The number of hydrogen-bond donors (Lipinski definition) is 6. The number of carbonyl (C=O) groups is 5. The Bertz CT molecular complexity index is 5260. The molecule has 3 aromatic carbocycles. The average Bonchev–Trinajstić information content (AvgIpc) is 1.39. The van der Waals surface area contributed by atoms with Crippen LogP contribution in [0.2, 0.25) is 5.02 Å². The van der Waals surface area contributed by atoms with E-state index in [9.17, 15) is 74.5 Å². The second kappa shape index (κ2) is 39.4. The highest BCUT2D eigenvalue weighted by molar-refractivity contribution is 8.09. The molecule has 0 radical (unpaired) electrons. The number of sulfone groups is 6. The summed E-state index contributed by atoms with van der Waals surface area (Å²) in [6.07, 6.45) is 3.23. The van der Waals surface area contributed by atoms with Gasteiger partial charge in [0.05, 0.1) is 44.6 Å². The number of fused-ring (bicyclic) bond motifs is 1. The molecule has 1 saturated heterocycles. The summed E-state index contributed by atoms with van der Waals surface area (Å²) >= 11 is 8.43. The smallest absolute Gasteiger partial charge is 0.247 e. The third-order valence-electron chi connectivity index (χ3n) is 19.0. The van der Waals surface area contributed by atoms with E-state index in [1.807, 2.05) is 96.1 Å². The van der Waals surface area contributed by atoms with Gasteiger partial charge in [-0.3, -0.25) is 29.3 Å². The van der Waals surface area contributed by atoms with Crippen LogP contribution in [0.1, 0.15) is 208 Å². The molecule has 2 atom stereocenters. The molecule has 5 heterocycles. The zero-order valence-corrected chi connectivity index (χ0v) is 78.1. The second-order valence-corrected chi connectivity index (χ2v) is 51.7. The number of thiazole rings is 2. The van der Waals surface area contributed by atoms with Crippen molar-refractivity contribution >= 4 is 161 Å². The van der Waals surface area contributed by atoms with Gasteiger partial charge in [0.25, 0.3) is 0 Å². The van der Waals surface area contributed by atoms with Crippen LogP contribution >= 0.6 is 34.3 Å². The highest BCUT2D eigenvalue weighted by Crippen LogP contribution is 2.36. The molecule has 0 aliphatic carbocycles. The minimum atomic E-state index is -4.38. The summed E-state index contributed by atoms with van der Waals surface area (Å²) in [6, 6.07) is 25.3. The SMILES string of the molecule is CC(C)(C)c1cc(NC(=O)C(C)(C)S(=O)(=O)C(C2CCNC2)S(C)(=O)=O)no1.CCCS(=O)(=O)C(C)(C)C(=O)Nc1cc(C(C)(C)C)no1.CCCS(=O)(=O)C(C)(C)C(=O)Nc1cccc(C(C)(C)C)c1.CCCS(=O)(=O)C(C)(C)C(=O)Nc1nc(-c2ccc(Cl)cc2)cs1.CCCS(=O)(=O)C(C)(C)C(=O)Nc1nc2ccccc2s1. The fourth-order valence-electron chi connectivity index (χ4n) is 10.6. The Hall–Kier alpha value is -7.10. The molecule has 6 N–H and O–H groups in total. The molecule has 5 amide bonds. The predicted molar refractivity (Wildman–Crippen MR) is 466 cm³/mol. The first-order valence-electron chi connectivity index (χ1n) is 37.6. The van der Waals surface area contributed by atoms with Crippen molar-refractivity contribution in [2.45, 2.75) is 236 Å². The number of rotatable bonds is 27. The Labute approximate surface area is 698 Å². The topological polar surface area (TPSA) is 440 Å². The van der Waals surface area contributed by atoms with Crippen LogP contribution in [-0.2, 0) is 99.2 Å². The van der Waals surface area contributed by atoms with Crippen LogP contribution in [0.25, 0.3) is 21.5 Å². The van der Waals surface area contributed by atoms with Crippen molar-refractivity contribution in [1.82, 2.24) is 25.6 Å². The number of hydrogen-bond acceptors (Lipinski definition) is 26. The molecular formula is C78H117ClN10O19S8. The average molecular weight is 1790 g/mol. The van der Waals surface area contributed by atoms with Gasteiger partial charge in [-0.15, -0.1) is 11.3 Å². The van der Waals surface area contributed by atoms with Crippen LogP contribution in [0.15, 0.2) is 99.4 Å². The lowest BCUT2D eigenvalue weighted by molar-refractivity contribution is -0.118. The lowest BCUT2D eigenvalue weighted by atomic mass is 9.87. The van der Waals surface area contributed by atoms with Crippen molar-refractivity contribution in [3.05, 3.63) is 112 Å². The van der Waals surface area contributed by atoms with Crippen LogP contribution in [-0.4, -0.2) is 171 Å². The normalized spacial score (nSPS) is 14.5. The molecule has 38 heteroatoms. The summed E-state index contributed by atoms with van der Waals surface area (Å²) in [5.74, 6) is -2.99. The number of carbonyl (C=O) groups excluding carboxylic acids is 5. The second-order valence-electron chi connectivity index (χ2n) is 33.6. The fourth-order valence-corrected chi connectivity index (χ4v) is 22.9. The third kappa shape index (κ3) is 26.0. The summed E-state index contributed by atoms with van der Waals surface area (Å²) in [6.45, 7) is 39.6. The summed E-state index contributed by atoms with van der Waals surface area (Å²) in [4.78, 5) is 70.8. The van der Waals surface area contributed by atoms with Crippen LogP contribution in [0.4, 0.5) is 27.7 Å². The molecule has 116 heavy (non-hydrogen) atoms. The first-order chi connectivity index (χ1) is 52.9. The van der Waals surface area contributed by atoms with Crippen molar-refractivity contribution in [3.8, 4) is 11.3 Å². The predicted octanol–water partition coefficient (Wildman–Crippen LogP) is 14.0. The highest BCUT2D eigenvalue weighted by atomic mass is 35.5. The molecule has 0 saturated carbocycles. The van der Waals surface area contributed by atoms with Crippen molar-refractivity contribution in [1.29, 1.82) is 0 Å². The van der Waals surface area contributed by atoms with E-state index in [1.165, 1.54) is 98.0 Å². The number of anilines is 5. The van der Waals surface area contributed by atoms with E-state index in [0.29, 0.717) is 76.8 Å². The van der Waals surface area contributed by atoms with Gasteiger partial charge in [0.2, 0.25) is 35.4 Å². The molecule has 0 spiro atoms.